The summed E-state index contributed by atoms with van der Waals surface area (Å²) >= 11 is 0. The van der Waals surface area contributed by atoms with Crippen molar-refractivity contribution in [3.05, 3.63) is 179 Å². The van der Waals surface area contributed by atoms with Gasteiger partial charge >= 0.3 is 5.63 Å². The van der Waals surface area contributed by atoms with Crippen LogP contribution in [0.25, 0.3) is 77.1 Å². The van der Waals surface area contributed by atoms with Crippen LogP contribution < -0.4 is 5.63 Å². The Morgan fingerprint density at radius 1 is 0.479 bits per heavy atom. The Morgan fingerprint density at radius 2 is 1.19 bits per heavy atom. The van der Waals surface area contributed by atoms with E-state index in [9.17, 15) is 4.79 Å². The molecule has 1 unspecified atom stereocenters. The van der Waals surface area contributed by atoms with Crippen LogP contribution in [-0.4, -0.2) is 0 Å². The molecule has 0 radical (unpaired) electrons. The van der Waals surface area contributed by atoms with E-state index >= 15 is 0 Å². The van der Waals surface area contributed by atoms with Gasteiger partial charge in [-0.2, -0.15) is 0 Å². The molecule has 1 atom stereocenters. The first-order valence-corrected chi connectivity index (χ1v) is 16.4. The van der Waals surface area contributed by atoms with Crippen LogP contribution in [-0.2, 0) is 6.42 Å². The first-order chi connectivity index (χ1) is 23.7. The van der Waals surface area contributed by atoms with Crippen molar-refractivity contribution in [1.82, 2.24) is 0 Å². The molecule has 48 heavy (non-hydrogen) atoms. The second-order valence-electron chi connectivity index (χ2n) is 12.7. The number of rotatable bonds is 3. The van der Waals surface area contributed by atoms with Gasteiger partial charge in [0.05, 0.1) is 5.39 Å². The second-order valence-corrected chi connectivity index (χ2v) is 12.7. The Kier molecular flexibility index (Phi) is 5.85. The molecule has 0 amide bonds. The van der Waals surface area contributed by atoms with Gasteiger partial charge in [-0.1, -0.05) is 121 Å². The van der Waals surface area contributed by atoms with Gasteiger partial charge in [0.2, 0.25) is 0 Å². The van der Waals surface area contributed by atoms with E-state index in [0.29, 0.717) is 11.0 Å². The molecular weight excluding hydrogens is 588 g/mol. The lowest BCUT2D eigenvalue weighted by molar-refractivity contribution is 0.570. The van der Waals surface area contributed by atoms with Crippen LogP contribution in [0.2, 0.25) is 0 Å². The summed E-state index contributed by atoms with van der Waals surface area (Å²) in [4.78, 5) is 13.7. The Labute approximate surface area is 276 Å². The minimum Gasteiger partial charge on any atom is -0.456 e. The number of furan rings is 1. The SMILES string of the molecule is O=c1oc2cc(-c3cccc4c3-c3ccccc3CC4c3ccccc3)ccc2c2ccc(-c3cccc4oc5ccccc5c34)cc12. The summed E-state index contributed by atoms with van der Waals surface area (Å²) in [5.74, 6) is 0.262. The minimum atomic E-state index is -0.342. The smallest absolute Gasteiger partial charge is 0.344 e. The Morgan fingerprint density at radius 3 is 2.10 bits per heavy atom. The van der Waals surface area contributed by atoms with Gasteiger partial charge in [-0.25, -0.2) is 4.79 Å². The van der Waals surface area contributed by atoms with Crippen molar-refractivity contribution in [2.45, 2.75) is 12.3 Å². The molecular formula is C45H28O3. The topological polar surface area (TPSA) is 43.4 Å². The Balaban J connectivity index is 1.13. The van der Waals surface area contributed by atoms with Crippen molar-refractivity contribution in [1.29, 1.82) is 0 Å². The molecule has 1 aliphatic rings. The maximum Gasteiger partial charge on any atom is 0.344 e. The van der Waals surface area contributed by atoms with Crippen molar-refractivity contribution < 1.29 is 8.83 Å². The molecule has 7 aromatic carbocycles. The first-order valence-electron chi connectivity index (χ1n) is 16.4. The maximum atomic E-state index is 13.7. The van der Waals surface area contributed by atoms with Crippen molar-refractivity contribution in [3.63, 3.8) is 0 Å². The average Bonchev–Trinajstić information content (AvgIpc) is 3.53. The molecule has 3 nitrogen and oxygen atoms in total. The fourth-order valence-electron chi connectivity index (χ4n) is 7.94. The maximum absolute atomic E-state index is 13.7. The standard InChI is InChI=1S/C45H28O3/c46-45-39-25-29(33-16-9-19-41-44(33)37-14-6-7-18-40(37)47-41)20-22-34(39)35-23-21-30(26-42(35)48-45)32-15-8-17-36-38(27-10-2-1-3-11-27)24-28-12-4-5-13-31(28)43(32)36/h1-23,25-26,38H,24H2. The molecule has 0 saturated heterocycles. The Hall–Kier alpha value is -6.19. The highest BCUT2D eigenvalue weighted by Gasteiger charge is 2.28. The zero-order valence-corrected chi connectivity index (χ0v) is 25.9. The van der Waals surface area contributed by atoms with Gasteiger partial charge in [0.15, 0.2) is 0 Å². The average molecular weight is 617 g/mol. The third kappa shape index (κ3) is 4.04. The number of para-hydroxylation sites is 1. The zero-order valence-electron chi connectivity index (χ0n) is 25.9. The number of benzene rings is 7. The zero-order chi connectivity index (χ0) is 31.8. The van der Waals surface area contributed by atoms with E-state index in [1.807, 2.05) is 42.5 Å². The molecule has 3 heteroatoms. The largest absolute Gasteiger partial charge is 0.456 e. The van der Waals surface area contributed by atoms with Gasteiger partial charge in [-0.3, -0.25) is 0 Å². The van der Waals surface area contributed by atoms with Crippen LogP contribution in [0.15, 0.2) is 165 Å². The van der Waals surface area contributed by atoms with E-state index in [4.69, 9.17) is 8.83 Å². The molecule has 0 aliphatic heterocycles. The highest BCUT2D eigenvalue weighted by atomic mass is 16.4. The molecule has 0 bridgehead atoms. The summed E-state index contributed by atoms with van der Waals surface area (Å²) < 4.78 is 12.2. The van der Waals surface area contributed by atoms with Crippen molar-refractivity contribution in [2.75, 3.05) is 0 Å². The van der Waals surface area contributed by atoms with Crippen LogP contribution in [0.5, 0.6) is 0 Å². The van der Waals surface area contributed by atoms with Gasteiger partial charge in [0.1, 0.15) is 16.7 Å². The molecule has 0 fully saturated rings. The summed E-state index contributed by atoms with van der Waals surface area (Å²) in [7, 11) is 0. The monoisotopic (exact) mass is 616 g/mol. The van der Waals surface area contributed by atoms with E-state index in [-0.39, 0.29) is 11.5 Å². The number of hydrogen-bond donors (Lipinski definition) is 0. The summed E-state index contributed by atoms with van der Waals surface area (Å²) in [5.41, 5.74) is 12.6. The van der Waals surface area contributed by atoms with Gasteiger partial charge in [-0.15, -0.1) is 0 Å². The van der Waals surface area contributed by atoms with Gasteiger partial charge in [-0.05, 0) is 92.2 Å². The number of fused-ring (bicyclic) bond motifs is 9. The van der Waals surface area contributed by atoms with E-state index in [1.165, 1.54) is 27.8 Å². The number of hydrogen-bond acceptors (Lipinski definition) is 3. The third-order valence-electron chi connectivity index (χ3n) is 10.1. The first kappa shape index (κ1) is 27.0. The normalized spacial score (nSPS) is 14.0. The molecule has 0 saturated carbocycles. The van der Waals surface area contributed by atoms with Crippen LogP contribution in [0.3, 0.4) is 0 Å². The molecule has 226 valence electrons. The lowest BCUT2D eigenvalue weighted by atomic mass is 9.73. The van der Waals surface area contributed by atoms with E-state index in [1.54, 1.807) is 0 Å². The predicted molar refractivity (Wildman–Crippen MR) is 196 cm³/mol. The molecule has 0 spiro atoms. The fourth-order valence-corrected chi connectivity index (χ4v) is 7.94. The lowest BCUT2D eigenvalue weighted by Crippen LogP contribution is -2.13. The summed E-state index contributed by atoms with van der Waals surface area (Å²) in [6.07, 6.45) is 0.961. The molecule has 2 heterocycles. The van der Waals surface area contributed by atoms with Gasteiger partial charge in [0, 0.05) is 22.1 Å². The second kappa shape index (κ2) is 10.4. The summed E-state index contributed by atoms with van der Waals surface area (Å²) in [5, 5.41) is 4.46. The summed E-state index contributed by atoms with van der Waals surface area (Å²) in [6.45, 7) is 0. The van der Waals surface area contributed by atoms with Crippen molar-refractivity contribution >= 4 is 43.7 Å². The fraction of sp³-hybridized carbons (Fsp3) is 0.0444. The highest BCUT2D eigenvalue weighted by molar-refractivity contribution is 6.14. The quantitative estimate of drug-likeness (QED) is 0.146. The van der Waals surface area contributed by atoms with E-state index in [0.717, 1.165) is 61.4 Å². The van der Waals surface area contributed by atoms with Crippen LogP contribution in [0, 0.1) is 0 Å². The highest BCUT2D eigenvalue weighted by Crippen LogP contribution is 2.47. The van der Waals surface area contributed by atoms with Gasteiger partial charge < -0.3 is 8.83 Å². The Bertz CT molecular complexity index is 2780. The van der Waals surface area contributed by atoms with Crippen molar-refractivity contribution in [3.8, 4) is 33.4 Å². The molecule has 9 aromatic rings. The molecule has 1 aliphatic carbocycles. The molecule has 0 N–H and O–H groups in total. The van der Waals surface area contributed by atoms with Gasteiger partial charge in [0.25, 0.3) is 0 Å². The summed E-state index contributed by atoms with van der Waals surface area (Å²) in [6, 6.07) is 52.7. The van der Waals surface area contributed by atoms with E-state index < -0.39 is 0 Å². The van der Waals surface area contributed by atoms with Crippen LogP contribution >= 0.6 is 0 Å². The van der Waals surface area contributed by atoms with Crippen LogP contribution in [0.4, 0.5) is 0 Å². The molecule has 2 aromatic heterocycles. The minimum absolute atomic E-state index is 0.262. The van der Waals surface area contributed by atoms with E-state index in [2.05, 4.69) is 109 Å². The lowest BCUT2D eigenvalue weighted by Gasteiger charge is -2.30. The van der Waals surface area contributed by atoms with Crippen LogP contribution in [0.1, 0.15) is 22.6 Å². The molecule has 10 rings (SSSR count). The predicted octanol–water partition coefficient (Wildman–Crippen LogP) is 11.5. The third-order valence-corrected chi connectivity index (χ3v) is 10.1. The van der Waals surface area contributed by atoms with Crippen molar-refractivity contribution in [2.24, 2.45) is 0 Å².